The van der Waals surface area contributed by atoms with Crippen LogP contribution in [0.3, 0.4) is 0 Å². The number of piperidine rings is 1. The van der Waals surface area contributed by atoms with Crippen molar-refractivity contribution in [3.05, 3.63) is 59.7 Å². The molecule has 0 aromatic heterocycles. The summed E-state index contributed by atoms with van der Waals surface area (Å²) in [6, 6.07) is 17.5. The summed E-state index contributed by atoms with van der Waals surface area (Å²) in [5.41, 5.74) is 2.67. The molecule has 3 rings (SSSR count). The predicted octanol–water partition coefficient (Wildman–Crippen LogP) is 4.57. The topological polar surface area (TPSA) is 77.4 Å². The number of nitrogens with one attached hydrogen (secondary N) is 2. The van der Waals surface area contributed by atoms with Crippen LogP contribution in [0.5, 0.6) is 5.75 Å². The minimum Gasteiger partial charge on any atom is -0.489 e. The lowest BCUT2D eigenvalue weighted by atomic mass is 9.99. The lowest BCUT2D eigenvalue weighted by Crippen LogP contribution is -2.47. The molecule has 164 valence electrons. The SMILES string of the molecule is CC1CCCN(C(C)CNC(=O)Nc2cccc(COc3ccc(CC#N)cc3)c2)C1. The average molecular weight is 421 g/mol. The monoisotopic (exact) mass is 420 g/mol. The van der Waals surface area contributed by atoms with Crippen LogP contribution in [0.1, 0.15) is 37.8 Å². The van der Waals surface area contributed by atoms with Crippen molar-refractivity contribution in [3.63, 3.8) is 0 Å². The van der Waals surface area contributed by atoms with E-state index in [-0.39, 0.29) is 6.03 Å². The van der Waals surface area contributed by atoms with Gasteiger partial charge in [0.2, 0.25) is 0 Å². The Morgan fingerprint density at radius 1 is 1.26 bits per heavy atom. The maximum absolute atomic E-state index is 12.3. The zero-order chi connectivity index (χ0) is 22.1. The molecule has 2 amide bonds. The van der Waals surface area contributed by atoms with Crippen molar-refractivity contribution in [2.45, 2.75) is 45.8 Å². The van der Waals surface area contributed by atoms with Crippen LogP contribution in [-0.4, -0.2) is 36.6 Å². The highest BCUT2D eigenvalue weighted by Gasteiger charge is 2.21. The van der Waals surface area contributed by atoms with Crippen LogP contribution in [0, 0.1) is 17.2 Å². The van der Waals surface area contributed by atoms with E-state index in [0.29, 0.717) is 25.6 Å². The van der Waals surface area contributed by atoms with Crippen molar-refractivity contribution in [2.24, 2.45) is 5.92 Å². The maximum Gasteiger partial charge on any atom is 0.319 e. The third-order valence-electron chi connectivity index (χ3n) is 5.67. The number of benzene rings is 2. The number of nitriles is 1. The van der Waals surface area contributed by atoms with Crippen LogP contribution in [-0.2, 0) is 13.0 Å². The van der Waals surface area contributed by atoms with Crippen LogP contribution < -0.4 is 15.4 Å². The fourth-order valence-corrected chi connectivity index (χ4v) is 3.87. The summed E-state index contributed by atoms with van der Waals surface area (Å²) in [6.07, 6.45) is 2.92. The Morgan fingerprint density at radius 3 is 2.81 bits per heavy atom. The molecule has 0 saturated carbocycles. The molecule has 1 heterocycles. The zero-order valence-corrected chi connectivity index (χ0v) is 18.4. The van der Waals surface area contributed by atoms with Crippen molar-refractivity contribution in [3.8, 4) is 11.8 Å². The highest BCUT2D eigenvalue weighted by molar-refractivity contribution is 5.89. The molecule has 1 aliphatic rings. The normalized spacial score (nSPS) is 17.4. The fraction of sp³-hybridized carbons (Fsp3) is 0.440. The van der Waals surface area contributed by atoms with Gasteiger partial charge in [-0.25, -0.2) is 4.79 Å². The fourth-order valence-electron chi connectivity index (χ4n) is 3.87. The summed E-state index contributed by atoms with van der Waals surface area (Å²) in [4.78, 5) is 14.8. The summed E-state index contributed by atoms with van der Waals surface area (Å²) in [5, 5.41) is 14.6. The van der Waals surface area contributed by atoms with Crippen molar-refractivity contribution in [1.82, 2.24) is 10.2 Å². The number of carbonyl (C=O) groups is 1. The van der Waals surface area contributed by atoms with Crippen LogP contribution in [0.4, 0.5) is 10.5 Å². The largest absolute Gasteiger partial charge is 0.489 e. The molecule has 1 saturated heterocycles. The number of ether oxygens (including phenoxy) is 1. The lowest BCUT2D eigenvalue weighted by Gasteiger charge is -2.35. The van der Waals surface area contributed by atoms with Gasteiger partial charge in [-0.1, -0.05) is 31.2 Å². The van der Waals surface area contributed by atoms with E-state index >= 15 is 0 Å². The Hall–Kier alpha value is -3.04. The number of amides is 2. The number of likely N-dealkylation sites (tertiary alicyclic amines) is 1. The highest BCUT2D eigenvalue weighted by Crippen LogP contribution is 2.18. The molecule has 0 bridgehead atoms. The van der Waals surface area contributed by atoms with Gasteiger partial charge >= 0.3 is 6.03 Å². The standard InChI is InChI=1S/C25H32N4O2/c1-19-5-4-14-29(17-19)20(2)16-27-25(30)28-23-7-3-6-22(15-23)18-31-24-10-8-21(9-11-24)12-13-26/h3,6-11,15,19-20H,4-5,12,14,16-18H2,1-2H3,(H2,27,28,30). The van der Waals surface area contributed by atoms with Gasteiger partial charge in [0, 0.05) is 24.8 Å². The third kappa shape index (κ3) is 7.30. The van der Waals surface area contributed by atoms with E-state index < -0.39 is 0 Å². The smallest absolute Gasteiger partial charge is 0.319 e. The molecule has 31 heavy (non-hydrogen) atoms. The molecule has 2 N–H and O–H groups in total. The lowest BCUT2D eigenvalue weighted by molar-refractivity contribution is 0.138. The number of nitrogens with zero attached hydrogens (tertiary/aromatic N) is 2. The van der Waals surface area contributed by atoms with E-state index in [1.54, 1.807) is 0 Å². The van der Waals surface area contributed by atoms with Gasteiger partial charge in [0.1, 0.15) is 12.4 Å². The van der Waals surface area contributed by atoms with Crippen molar-refractivity contribution in [2.75, 3.05) is 25.0 Å². The number of rotatable bonds is 8. The minimum absolute atomic E-state index is 0.192. The number of urea groups is 1. The second kappa shape index (κ2) is 11.4. The predicted molar refractivity (Wildman–Crippen MR) is 123 cm³/mol. The van der Waals surface area contributed by atoms with Gasteiger partial charge in [0.15, 0.2) is 0 Å². The second-order valence-electron chi connectivity index (χ2n) is 8.39. The average Bonchev–Trinajstić information content (AvgIpc) is 2.77. The van der Waals surface area contributed by atoms with Gasteiger partial charge in [-0.2, -0.15) is 5.26 Å². The van der Waals surface area contributed by atoms with Gasteiger partial charge in [0.05, 0.1) is 12.5 Å². The van der Waals surface area contributed by atoms with Crippen molar-refractivity contribution >= 4 is 11.7 Å². The van der Waals surface area contributed by atoms with E-state index in [2.05, 4.69) is 35.5 Å². The van der Waals surface area contributed by atoms with E-state index in [1.807, 2.05) is 48.5 Å². The summed E-state index contributed by atoms with van der Waals surface area (Å²) in [7, 11) is 0. The van der Waals surface area contributed by atoms with Gasteiger partial charge in [-0.3, -0.25) is 4.90 Å². The van der Waals surface area contributed by atoms with Crippen LogP contribution in [0.15, 0.2) is 48.5 Å². The number of anilines is 1. The molecule has 6 heteroatoms. The first kappa shape index (κ1) is 22.6. The Labute approximate surface area is 185 Å². The number of hydrogen-bond donors (Lipinski definition) is 2. The van der Waals surface area contributed by atoms with Crippen LogP contribution in [0.2, 0.25) is 0 Å². The molecule has 2 aromatic rings. The minimum atomic E-state index is -0.192. The first-order valence-corrected chi connectivity index (χ1v) is 11.0. The molecule has 6 nitrogen and oxygen atoms in total. The molecule has 2 unspecified atom stereocenters. The molecule has 0 radical (unpaired) electrons. The highest BCUT2D eigenvalue weighted by atomic mass is 16.5. The molecular formula is C25H32N4O2. The van der Waals surface area contributed by atoms with Crippen LogP contribution >= 0.6 is 0 Å². The summed E-state index contributed by atoms with van der Waals surface area (Å²) >= 11 is 0. The van der Waals surface area contributed by atoms with Crippen molar-refractivity contribution in [1.29, 1.82) is 5.26 Å². The first-order valence-electron chi connectivity index (χ1n) is 11.0. The maximum atomic E-state index is 12.3. The Balaban J connectivity index is 1.45. The molecule has 0 spiro atoms. The summed E-state index contributed by atoms with van der Waals surface area (Å²) in [6.45, 7) is 7.70. The third-order valence-corrected chi connectivity index (χ3v) is 5.67. The Morgan fingerprint density at radius 2 is 2.06 bits per heavy atom. The summed E-state index contributed by atoms with van der Waals surface area (Å²) in [5.74, 6) is 1.48. The number of carbonyl (C=O) groups excluding carboxylic acids is 1. The van der Waals surface area contributed by atoms with E-state index in [1.165, 1.54) is 12.8 Å². The quantitative estimate of drug-likeness (QED) is 0.656. The van der Waals surface area contributed by atoms with Gasteiger partial charge in [-0.15, -0.1) is 0 Å². The first-order chi connectivity index (χ1) is 15.0. The molecule has 2 atom stereocenters. The van der Waals surface area contributed by atoms with Gasteiger partial charge in [0.25, 0.3) is 0 Å². The summed E-state index contributed by atoms with van der Waals surface area (Å²) < 4.78 is 5.82. The van der Waals surface area contributed by atoms with E-state index in [0.717, 1.165) is 41.6 Å². The van der Waals surface area contributed by atoms with E-state index in [4.69, 9.17) is 10.00 Å². The molecular weight excluding hydrogens is 388 g/mol. The van der Waals surface area contributed by atoms with Gasteiger partial charge < -0.3 is 15.4 Å². The molecule has 1 aliphatic heterocycles. The Bertz CT molecular complexity index is 891. The second-order valence-corrected chi connectivity index (χ2v) is 8.39. The van der Waals surface area contributed by atoms with E-state index in [9.17, 15) is 4.79 Å². The number of hydrogen-bond acceptors (Lipinski definition) is 4. The van der Waals surface area contributed by atoms with Gasteiger partial charge in [-0.05, 0) is 67.6 Å². The molecule has 1 fully saturated rings. The molecule has 2 aromatic carbocycles. The van der Waals surface area contributed by atoms with Crippen molar-refractivity contribution < 1.29 is 9.53 Å². The zero-order valence-electron chi connectivity index (χ0n) is 18.4. The molecule has 0 aliphatic carbocycles. The Kier molecular flexibility index (Phi) is 8.31. The van der Waals surface area contributed by atoms with Crippen LogP contribution in [0.25, 0.3) is 0 Å².